The van der Waals surface area contributed by atoms with Crippen molar-refractivity contribution in [3.05, 3.63) is 53.0 Å². The van der Waals surface area contributed by atoms with Crippen LogP contribution in [0.5, 0.6) is 17.2 Å². The van der Waals surface area contributed by atoms with Gasteiger partial charge in [-0.15, -0.1) is 0 Å². The zero-order valence-corrected chi connectivity index (χ0v) is 13.6. The molecule has 0 heterocycles. The van der Waals surface area contributed by atoms with Crippen molar-refractivity contribution in [2.45, 2.75) is 13.3 Å². The van der Waals surface area contributed by atoms with Crippen LogP contribution in [0.2, 0.25) is 0 Å². The van der Waals surface area contributed by atoms with Gasteiger partial charge in [0.15, 0.2) is 0 Å². The number of benzene rings is 2. The summed E-state index contributed by atoms with van der Waals surface area (Å²) >= 11 is 3.42. The Labute approximate surface area is 134 Å². The van der Waals surface area contributed by atoms with Crippen molar-refractivity contribution in [3.8, 4) is 17.2 Å². The molecule has 0 aliphatic carbocycles. The lowest BCUT2D eigenvalue weighted by Gasteiger charge is -2.09. The normalized spacial score (nSPS) is 10.2. The van der Waals surface area contributed by atoms with Crippen molar-refractivity contribution in [2.75, 3.05) is 19.8 Å². The molecule has 0 aromatic heterocycles. The average Bonchev–Trinajstić information content (AvgIpc) is 2.49. The van der Waals surface area contributed by atoms with E-state index in [1.54, 1.807) is 0 Å². The molecular formula is C17H19BrO3. The zero-order valence-electron chi connectivity index (χ0n) is 12.0. The summed E-state index contributed by atoms with van der Waals surface area (Å²) in [6, 6.07) is 15.5. The first kappa shape index (κ1) is 15.7. The van der Waals surface area contributed by atoms with Gasteiger partial charge < -0.3 is 14.2 Å². The van der Waals surface area contributed by atoms with Gasteiger partial charge in [0.2, 0.25) is 0 Å². The average molecular weight is 351 g/mol. The summed E-state index contributed by atoms with van der Waals surface area (Å²) < 4.78 is 17.7. The fourth-order valence-corrected chi connectivity index (χ4v) is 2.17. The summed E-state index contributed by atoms with van der Waals surface area (Å²) in [5.41, 5.74) is 0. The first-order valence-corrected chi connectivity index (χ1v) is 7.81. The van der Waals surface area contributed by atoms with E-state index in [2.05, 4.69) is 15.9 Å². The predicted molar refractivity (Wildman–Crippen MR) is 87.4 cm³/mol. The Morgan fingerprint density at radius 1 is 0.810 bits per heavy atom. The van der Waals surface area contributed by atoms with Crippen molar-refractivity contribution in [1.29, 1.82) is 0 Å². The van der Waals surface area contributed by atoms with Crippen molar-refractivity contribution < 1.29 is 14.2 Å². The highest BCUT2D eigenvalue weighted by atomic mass is 79.9. The van der Waals surface area contributed by atoms with E-state index in [4.69, 9.17) is 14.2 Å². The molecule has 0 spiro atoms. The predicted octanol–water partition coefficient (Wildman–Crippen LogP) is 4.70. The second-order valence-corrected chi connectivity index (χ2v) is 5.33. The molecule has 4 heteroatoms. The van der Waals surface area contributed by atoms with Crippen LogP contribution in [-0.2, 0) is 0 Å². The van der Waals surface area contributed by atoms with Gasteiger partial charge >= 0.3 is 0 Å². The van der Waals surface area contributed by atoms with Crippen LogP contribution in [0, 0.1) is 0 Å². The lowest BCUT2D eigenvalue weighted by molar-refractivity contribution is 0.247. The maximum Gasteiger partial charge on any atom is 0.120 e. The molecule has 0 bridgehead atoms. The van der Waals surface area contributed by atoms with Crippen LogP contribution in [0.15, 0.2) is 53.0 Å². The number of rotatable bonds is 8. The van der Waals surface area contributed by atoms with Crippen LogP contribution in [0.3, 0.4) is 0 Å². The molecule has 2 rings (SSSR count). The van der Waals surface area contributed by atoms with Gasteiger partial charge in [0.25, 0.3) is 0 Å². The molecule has 0 saturated heterocycles. The molecule has 0 aliphatic heterocycles. The third-order valence-corrected chi connectivity index (χ3v) is 3.25. The Bertz CT molecular complexity index is 540. The van der Waals surface area contributed by atoms with Gasteiger partial charge in [0.05, 0.1) is 19.8 Å². The molecule has 0 radical (unpaired) electrons. The van der Waals surface area contributed by atoms with Gasteiger partial charge in [0.1, 0.15) is 17.2 Å². The largest absolute Gasteiger partial charge is 0.494 e. The smallest absolute Gasteiger partial charge is 0.120 e. The highest BCUT2D eigenvalue weighted by Gasteiger charge is 1.97. The Balaban J connectivity index is 1.65. The van der Waals surface area contributed by atoms with Gasteiger partial charge in [-0.3, -0.25) is 0 Å². The van der Waals surface area contributed by atoms with Crippen molar-refractivity contribution >= 4 is 15.9 Å². The molecule has 0 fully saturated rings. The fourth-order valence-electron chi connectivity index (χ4n) is 1.79. The molecule has 0 unspecified atom stereocenters. The number of halogens is 1. The monoisotopic (exact) mass is 350 g/mol. The van der Waals surface area contributed by atoms with Crippen LogP contribution >= 0.6 is 15.9 Å². The van der Waals surface area contributed by atoms with Crippen LogP contribution in [0.1, 0.15) is 13.3 Å². The van der Waals surface area contributed by atoms with E-state index >= 15 is 0 Å². The van der Waals surface area contributed by atoms with Gasteiger partial charge in [0, 0.05) is 10.9 Å². The molecular weight excluding hydrogens is 332 g/mol. The van der Waals surface area contributed by atoms with Gasteiger partial charge in [-0.2, -0.15) is 0 Å². The Kier molecular flexibility index (Phi) is 6.41. The number of hydrogen-bond acceptors (Lipinski definition) is 3. The zero-order chi connectivity index (χ0) is 14.9. The van der Waals surface area contributed by atoms with Crippen molar-refractivity contribution in [3.63, 3.8) is 0 Å². The second-order valence-electron chi connectivity index (χ2n) is 4.41. The third kappa shape index (κ3) is 5.68. The maximum absolute atomic E-state index is 5.66. The van der Waals surface area contributed by atoms with Gasteiger partial charge in [-0.1, -0.05) is 22.0 Å². The van der Waals surface area contributed by atoms with E-state index in [0.29, 0.717) is 19.8 Å². The van der Waals surface area contributed by atoms with Crippen LogP contribution in [0.25, 0.3) is 0 Å². The molecule has 0 atom stereocenters. The summed E-state index contributed by atoms with van der Waals surface area (Å²) in [4.78, 5) is 0. The summed E-state index contributed by atoms with van der Waals surface area (Å²) in [7, 11) is 0. The summed E-state index contributed by atoms with van der Waals surface area (Å²) in [5, 5.41) is 0. The topological polar surface area (TPSA) is 27.7 Å². The van der Waals surface area contributed by atoms with E-state index in [0.717, 1.165) is 28.1 Å². The van der Waals surface area contributed by atoms with Crippen molar-refractivity contribution in [2.24, 2.45) is 0 Å². The SMILES string of the molecule is CCOc1ccc(OCCCOc2cccc(Br)c2)cc1. The molecule has 0 amide bonds. The van der Waals surface area contributed by atoms with Crippen LogP contribution < -0.4 is 14.2 Å². The highest BCUT2D eigenvalue weighted by Crippen LogP contribution is 2.19. The van der Waals surface area contributed by atoms with E-state index in [9.17, 15) is 0 Å². The molecule has 3 nitrogen and oxygen atoms in total. The van der Waals surface area contributed by atoms with Gasteiger partial charge in [-0.25, -0.2) is 0 Å². The highest BCUT2D eigenvalue weighted by molar-refractivity contribution is 9.10. The van der Waals surface area contributed by atoms with E-state index in [1.165, 1.54) is 0 Å². The number of hydrogen-bond donors (Lipinski definition) is 0. The van der Waals surface area contributed by atoms with E-state index in [-0.39, 0.29) is 0 Å². The van der Waals surface area contributed by atoms with Crippen molar-refractivity contribution in [1.82, 2.24) is 0 Å². The molecule has 112 valence electrons. The fraction of sp³-hybridized carbons (Fsp3) is 0.294. The number of ether oxygens (including phenoxy) is 3. The standard InChI is InChI=1S/C17H19BrO3/c1-2-19-15-7-9-16(10-8-15)20-11-4-12-21-17-6-3-5-14(18)13-17/h3,5-10,13H,2,4,11-12H2,1H3. The van der Waals surface area contributed by atoms with Crippen LogP contribution in [0.4, 0.5) is 0 Å². The van der Waals surface area contributed by atoms with Crippen LogP contribution in [-0.4, -0.2) is 19.8 Å². The lowest BCUT2D eigenvalue weighted by Crippen LogP contribution is -2.05. The quantitative estimate of drug-likeness (QED) is 0.646. The minimum atomic E-state index is 0.627. The Hall–Kier alpha value is -1.68. The first-order valence-electron chi connectivity index (χ1n) is 7.02. The minimum Gasteiger partial charge on any atom is -0.494 e. The second kappa shape index (κ2) is 8.57. The molecule has 0 saturated carbocycles. The molecule has 0 N–H and O–H groups in total. The minimum absolute atomic E-state index is 0.627. The maximum atomic E-state index is 5.66. The Morgan fingerprint density at radius 3 is 2.05 bits per heavy atom. The van der Waals surface area contributed by atoms with E-state index < -0.39 is 0 Å². The summed E-state index contributed by atoms with van der Waals surface area (Å²) in [6.45, 7) is 3.90. The summed E-state index contributed by atoms with van der Waals surface area (Å²) in [5.74, 6) is 2.58. The third-order valence-electron chi connectivity index (χ3n) is 2.76. The molecule has 21 heavy (non-hydrogen) atoms. The molecule has 2 aromatic rings. The van der Waals surface area contributed by atoms with E-state index in [1.807, 2.05) is 55.5 Å². The Morgan fingerprint density at radius 2 is 1.43 bits per heavy atom. The first-order chi connectivity index (χ1) is 10.3. The lowest BCUT2D eigenvalue weighted by atomic mass is 10.3. The summed E-state index contributed by atoms with van der Waals surface area (Å²) in [6.07, 6.45) is 0.833. The van der Waals surface area contributed by atoms with Gasteiger partial charge in [-0.05, 0) is 49.4 Å². The molecule has 2 aromatic carbocycles. The molecule has 0 aliphatic rings.